The molecule has 0 unspecified atom stereocenters. The molecule has 1 aromatic heterocycles. The van der Waals surface area contributed by atoms with Crippen LogP contribution >= 0.6 is 0 Å². The highest BCUT2D eigenvalue weighted by atomic mass is 16.7. The van der Waals surface area contributed by atoms with Gasteiger partial charge < -0.3 is 4.84 Å². The Kier molecular flexibility index (Phi) is 3.58. The Hall–Kier alpha value is -2.40. The molecular weight excluding hydrogens is 278 g/mol. The number of nitrogens with zero attached hydrogens (tertiary/aromatic N) is 3. The zero-order chi connectivity index (χ0) is 15.9. The molecule has 0 spiro atoms. The number of carbonyl (C=O) groups is 1. The molecule has 3 rings (SSSR count). The van der Waals surface area contributed by atoms with E-state index in [2.05, 4.69) is 5.10 Å². The monoisotopic (exact) mass is 297 g/mol. The van der Waals surface area contributed by atoms with E-state index in [1.807, 2.05) is 64.2 Å². The van der Waals surface area contributed by atoms with Crippen molar-refractivity contribution in [2.45, 2.75) is 26.8 Å². The zero-order valence-corrected chi connectivity index (χ0v) is 13.2. The maximum atomic E-state index is 13.0. The van der Waals surface area contributed by atoms with E-state index >= 15 is 0 Å². The average molecular weight is 297 g/mol. The van der Waals surface area contributed by atoms with Gasteiger partial charge in [-0.1, -0.05) is 30.3 Å². The normalized spacial score (nSPS) is 18.6. The second kappa shape index (κ2) is 5.42. The van der Waals surface area contributed by atoms with E-state index in [1.165, 1.54) is 4.68 Å². The molecule has 0 aliphatic carbocycles. The molecule has 0 N–H and O–H groups in total. The SMILES string of the molecule is CC1=C(C(=O)n2nc(C)cc2C)[C@@H](c2ccccc2)N(C)O1. The number of aryl methyl sites for hydroxylation is 2. The van der Waals surface area contributed by atoms with Gasteiger partial charge in [0, 0.05) is 12.7 Å². The van der Waals surface area contributed by atoms with Crippen LogP contribution in [0.4, 0.5) is 0 Å². The molecule has 1 aromatic carbocycles. The molecule has 1 aliphatic rings. The van der Waals surface area contributed by atoms with Crippen LogP contribution in [0.25, 0.3) is 0 Å². The lowest BCUT2D eigenvalue weighted by Crippen LogP contribution is -2.25. The van der Waals surface area contributed by atoms with E-state index in [1.54, 1.807) is 5.06 Å². The first-order chi connectivity index (χ1) is 10.5. The number of rotatable bonds is 2. The Morgan fingerprint density at radius 1 is 1.18 bits per heavy atom. The Labute approximate surface area is 129 Å². The number of hydroxylamine groups is 2. The van der Waals surface area contributed by atoms with Crippen LogP contribution in [0.15, 0.2) is 47.7 Å². The highest BCUT2D eigenvalue weighted by Crippen LogP contribution is 2.37. The van der Waals surface area contributed by atoms with Crippen LogP contribution in [0.5, 0.6) is 0 Å². The summed E-state index contributed by atoms with van der Waals surface area (Å²) < 4.78 is 1.45. The van der Waals surface area contributed by atoms with Gasteiger partial charge in [-0.3, -0.25) is 4.79 Å². The first-order valence-corrected chi connectivity index (χ1v) is 7.23. The Balaban J connectivity index is 2.05. The van der Waals surface area contributed by atoms with E-state index in [0.717, 1.165) is 17.0 Å². The summed E-state index contributed by atoms with van der Waals surface area (Å²) in [5.41, 5.74) is 3.29. The van der Waals surface area contributed by atoms with Crippen molar-refractivity contribution in [1.82, 2.24) is 14.8 Å². The van der Waals surface area contributed by atoms with Gasteiger partial charge in [-0.2, -0.15) is 5.10 Å². The minimum Gasteiger partial charge on any atom is -0.410 e. The summed E-state index contributed by atoms with van der Waals surface area (Å²) in [6, 6.07) is 11.5. The molecule has 0 amide bonds. The van der Waals surface area contributed by atoms with Crippen molar-refractivity contribution in [3.05, 3.63) is 64.7 Å². The third-order valence-electron chi connectivity index (χ3n) is 3.84. The molecule has 2 aromatic rings. The quantitative estimate of drug-likeness (QED) is 0.855. The summed E-state index contributed by atoms with van der Waals surface area (Å²) in [6.45, 7) is 5.58. The third-order valence-corrected chi connectivity index (χ3v) is 3.84. The van der Waals surface area contributed by atoms with Crippen LogP contribution in [-0.4, -0.2) is 27.8 Å². The fraction of sp³-hybridized carbons (Fsp3) is 0.294. The molecule has 0 fully saturated rings. The maximum absolute atomic E-state index is 13.0. The van der Waals surface area contributed by atoms with Crippen LogP contribution in [0, 0.1) is 13.8 Å². The van der Waals surface area contributed by atoms with Gasteiger partial charge in [-0.15, -0.1) is 5.06 Å². The zero-order valence-electron chi connectivity index (χ0n) is 13.2. The lowest BCUT2D eigenvalue weighted by atomic mass is 9.98. The minimum atomic E-state index is -0.224. The highest BCUT2D eigenvalue weighted by molar-refractivity contribution is 5.97. The number of carbonyl (C=O) groups excluding carboxylic acids is 1. The molecule has 114 valence electrons. The predicted octanol–water partition coefficient (Wildman–Crippen LogP) is 3.03. The Bertz CT molecular complexity index is 747. The van der Waals surface area contributed by atoms with E-state index in [4.69, 9.17) is 4.84 Å². The van der Waals surface area contributed by atoms with E-state index in [9.17, 15) is 4.79 Å². The van der Waals surface area contributed by atoms with Crippen molar-refractivity contribution < 1.29 is 9.63 Å². The standard InChI is InChI=1S/C17H19N3O2/c1-11-10-12(2)20(18-11)17(21)15-13(3)22-19(4)16(15)14-8-6-5-7-9-14/h5-10,16H,1-4H3/t16-/m1/s1. The van der Waals surface area contributed by atoms with Gasteiger partial charge in [0.05, 0.1) is 11.3 Å². The molecule has 1 atom stereocenters. The van der Waals surface area contributed by atoms with Crippen LogP contribution in [0.1, 0.15) is 34.7 Å². The molecule has 5 heteroatoms. The van der Waals surface area contributed by atoms with Crippen molar-refractivity contribution in [3.63, 3.8) is 0 Å². The first-order valence-electron chi connectivity index (χ1n) is 7.23. The van der Waals surface area contributed by atoms with Gasteiger partial charge in [-0.25, -0.2) is 4.68 Å². The second-order valence-electron chi connectivity index (χ2n) is 5.56. The summed E-state index contributed by atoms with van der Waals surface area (Å²) in [5.74, 6) is 0.482. The van der Waals surface area contributed by atoms with Crippen LogP contribution in [-0.2, 0) is 4.84 Å². The fourth-order valence-corrected chi connectivity index (χ4v) is 2.92. The van der Waals surface area contributed by atoms with Gasteiger partial charge in [0.1, 0.15) is 11.8 Å². The van der Waals surface area contributed by atoms with Gasteiger partial charge in [-0.05, 0) is 32.4 Å². The number of hydrogen-bond donors (Lipinski definition) is 0. The van der Waals surface area contributed by atoms with Gasteiger partial charge in [0.25, 0.3) is 5.91 Å². The lowest BCUT2D eigenvalue weighted by molar-refractivity contribution is -0.0945. The Morgan fingerprint density at radius 2 is 1.86 bits per heavy atom. The third kappa shape index (κ3) is 2.33. The van der Waals surface area contributed by atoms with E-state index in [0.29, 0.717) is 11.3 Å². The first kappa shape index (κ1) is 14.5. The van der Waals surface area contributed by atoms with Gasteiger partial charge in [0.2, 0.25) is 0 Å². The van der Waals surface area contributed by atoms with Gasteiger partial charge in [0.15, 0.2) is 0 Å². The van der Waals surface area contributed by atoms with Crippen molar-refractivity contribution in [3.8, 4) is 0 Å². The average Bonchev–Trinajstić information content (AvgIpc) is 2.97. The van der Waals surface area contributed by atoms with Crippen LogP contribution in [0.3, 0.4) is 0 Å². The molecule has 0 saturated carbocycles. The van der Waals surface area contributed by atoms with Crippen LogP contribution in [0.2, 0.25) is 0 Å². The molecular formula is C17H19N3O2. The van der Waals surface area contributed by atoms with E-state index < -0.39 is 0 Å². The summed E-state index contributed by atoms with van der Waals surface area (Å²) >= 11 is 0. The number of hydrogen-bond acceptors (Lipinski definition) is 4. The molecule has 1 aliphatic heterocycles. The van der Waals surface area contributed by atoms with Crippen LogP contribution < -0.4 is 0 Å². The largest absolute Gasteiger partial charge is 0.410 e. The predicted molar refractivity (Wildman–Crippen MR) is 83.1 cm³/mol. The molecule has 22 heavy (non-hydrogen) atoms. The smallest absolute Gasteiger partial charge is 0.279 e. The number of aromatic nitrogens is 2. The van der Waals surface area contributed by atoms with E-state index in [-0.39, 0.29) is 11.9 Å². The summed E-state index contributed by atoms with van der Waals surface area (Å²) in [6.07, 6.45) is 0. The summed E-state index contributed by atoms with van der Waals surface area (Å²) in [5, 5.41) is 6.01. The van der Waals surface area contributed by atoms with Crippen molar-refractivity contribution in [1.29, 1.82) is 0 Å². The molecule has 5 nitrogen and oxygen atoms in total. The molecule has 0 radical (unpaired) electrons. The van der Waals surface area contributed by atoms with Crippen molar-refractivity contribution in [2.24, 2.45) is 0 Å². The van der Waals surface area contributed by atoms with Crippen molar-refractivity contribution >= 4 is 5.91 Å². The minimum absolute atomic E-state index is 0.138. The summed E-state index contributed by atoms with van der Waals surface area (Å²) in [7, 11) is 1.84. The lowest BCUT2D eigenvalue weighted by Gasteiger charge is -2.20. The summed E-state index contributed by atoms with van der Waals surface area (Å²) in [4.78, 5) is 18.6. The highest BCUT2D eigenvalue weighted by Gasteiger charge is 2.37. The molecule has 2 heterocycles. The van der Waals surface area contributed by atoms with Gasteiger partial charge >= 0.3 is 0 Å². The molecule has 0 bridgehead atoms. The number of likely N-dealkylation sites (N-methyl/N-ethyl adjacent to an activating group) is 1. The fourth-order valence-electron chi connectivity index (χ4n) is 2.92. The topological polar surface area (TPSA) is 47.4 Å². The van der Waals surface area contributed by atoms with Crippen molar-refractivity contribution in [2.75, 3.05) is 7.05 Å². The maximum Gasteiger partial charge on any atom is 0.279 e. The number of benzene rings is 1. The Morgan fingerprint density at radius 3 is 2.45 bits per heavy atom. The second-order valence-corrected chi connectivity index (χ2v) is 5.56. The number of allylic oxidation sites excluding steroid dienone is 1. The molecule has 0 saturated heterocycles.